The van der Waals surface area contributed by atoms with Gasteiger partial charge in [0.15, 0.2) is 0 Å². The molecule has 0 bridgehead atoms. The smallest absolute Gasteiger partial charge is 0.494 e. The third-order valence-corrected chi connectivity index (χ3v) is 6.57. The average Bonchev–Trinajstić information content (AvgIpc) is 2.65. The zero-order valence-corrected chi connectivity index (χ0v) is 16.4. The molecule has 0 saturated carbocycles. The Kier molecular flexibility index (Phi) is 5.72. The zero-order valence-electron chi connectivity index (χ0n) is 15.6. The summed E-state index contributed by atoms with van der Waals surface area (Å²) >= 11 is 0. The third kappa shape index (κ3) is 4.02. The summed E-state index contributed by atoms with van der Waals surface area (Å²) in [6, 6.07) is 7.52. The molecule has 1 fully saturated rings. The highest BCUT2D eigenvalue weighted by molar-refractivity contribution is 7.90. The second kappa shape index (κ2) is 7.75. The topological polar surface area (TPSA) is 71.5 Å². The van der Waals surface area contributed by atoms with E-state index in [1.54, 1.807) is 7.11 Å². The number of rotatable bonds is 5. The van der Waals surface area contributed by atoms with Crippen LogP contribution in [0.15, 0.2) is 24.3 Å². The van der Waals surface area contributed by atoms with Gasteiger partial charge in [-0.25, -0.2) is 13.4 Å². The molecule has 1 aliphatic heterocycles. The van der Waals surface area contributed by atoms with Crippen molar-refractivity contribution in [1.29, 1.82) is 0 Å². The van der Waals surface area contributed by atoms with E-state index in [0.717, 1.165) is 22.3 Å². The number of para-hydroxylation sites is 1. The minimum atomic E-state index is -5.25. The quantitative estimate of drug-likeness (QED) is 0.806. The van der Waals surface area contributed by atoms with Crippen molar-refractivity contribution in [3.8, 4) is 5.75 Å². The maximum absolute atomic E-state index is 12.7. The average molecular weight is 417 g/mol. The Morgan fingerprint density at radius 3 is 2.57 bits per heavy atom. The lowest BCUT2D eigenvalue weighted by Crippen LogP contribution is -2.45. The zero-order chi connectivity index (χ0) is 20.5. The normalized spacial score (nSPS) is 17.0. The predicted octanol–water partition coefficient (Wildman–Crippen LogP) is 3.53. The largest absolute Gasteiger partial charge is 0.511 e. The molecule has 154 valence electrons. The van der Waals surface area contributed by atoms with Gasteiger partial charge in [-0.05, 0) is 37.8 Å². The minimum absolute atomic E-state index is 0.0776. The summed E-state index contributed by atoms with van der Waals surface area (Å²) in [4.78, 5) is 4.52. The number of fused-ring (bicyclic) bond motifs is 1. The maximum Gasteiger partial charge on any atom is 0.511 e. The second-order valence-electron chi connectivity index (χ2n) is 6.84. The molecule has 2 heterocycles. The van der Waals surface area contributed by atoms with Crippen molar-refractivity contribution in [2.75, 3.05) is 32.1 Å². The Labute approximate surface area is 161 Å². The molecular formula is C18H22F3N3O3S. The number of halogens is 3. The molecule has 3 rings (SSSR count). The molecule has 1 aromatic carbocycles. The summed E-state index contributed by atoms with van der Waals surface area (Å²) in [5.41, 5.74) is -2.83. The highest BCUT2D eigenvalue weighted by Crippen LogP contribution is 2.32. The molecule has 1 aromatic heterocycles. The van der Waals surface area contributed by atoms with Crippen molar-refractivity contribution in [2.24, 2.45) is 5.92 Å². The van der Waals surface area contributed by atoms with E-state index in [1.165, 1.54) is 0 Å². The molecule has 0 atom stereocenters. The first-order valence-corrected chi connectivity index (χ1v) is 10.3. The highest BCUT2D eigenvalue weighted by atomic mass is 32.2. The number of hydrogen-bond donors (Lipinski definition) is 1. The summed E-state index contributed by atoms with van der Waals surface area (Å²) in [6.45, 7) is 2.16. The molecule has 0 spiro atoms. The Hall–Kier alpha value is -2.07. The molecule has 2 aromatic rings. The maximum atomic E-state index is 12.7. The second-order valence-corrected chi connectivity index (χ2v) is 8.77. The number of anilines is 1. The number of methoxy groups -OCH3 is 1. The Balaban J connectivity index is 1.68. The number of piperidine rings is 1. The van der Waals surface area contributed by atoms with E-state index in [0.29, 0.717) is 29.4 Å². The number of alkyl halides is 3. The molecule has 0 aliphatic carbocycles. The fraction of sp³-hybridized carbons (Fsp3) is 0.500. The Morgan fingerprint density at radius 2 is 1.96 bits per heavy atom. The number of benzene rings is 1. The number of aromatic nitrogens is 1. The molecule has 10 heteroatoms. The van der Waals surface area contributed by atoms with Crippen LogP contribution in [0.2, 0.25) is 0 Å². The van der Waals surface area contributed by atoms with Crippen LogP contribution < -0.4 is 10.1 Å². The van der Waals surface area contributed by atoms with Gasteiger partial charge in [0.05, 0.1) is 7.11 Å². The lowest BCUT2D eigenvalue weighted by molar-refractivity contribution is -0.0496. The van der Waals surface area contributed by atoms with Crippen LogP contribution >= 0.6 is 0 Å². The summed E-state index contributed by atoms with van der Waals surface area (Å²) in [5.74, 6) is 0.740. The predicted molar refractivity (Wildman–Crippen MR) is 101 cm³/mol. The standard InChI is InChI=1S/C18H22F3N3O3S/c1-12-10-15(14-4-3-5-16(27-2)17(14)23-12)22-11-13-6-8-24(9-7-13)28(25,26)18(19,20)21/h3-5,10,13H,6-9,11H2,1-2H3,(H,22,23). The van der Waals surface area contributed by atoms with E-state index in [9.17, 15) is 21.6 Å². The SMILES string of the molecule is COc1cccc2c(NCC3CCN(S(=O)(=O)C(F)(F)F)CC3)cc(C)nc12. The molecule has 1 aliphatic rings. The van der Waals surface area contributed by atoms with Crippen molar-refractivity contribution in [3.05, 3.63) is 30.0 Å². The third-order valence-electron chi connectivity index (χ3n) is 4.94. The fourth-order valence-corrected chi connectivity index (χ4v) is 4.40. The van der Waals surface area contributed by atoms with Gasteiger partial charge in [0.2, 0.25) is 0 Å². The van der Waals surface area contributed by atoms with Crippen LogP contribution in [0.1, 0.15) is 18.5 Å². The fourth-order valence-electron chi connectivity index (χ4n) is 3.42. The van der Waals surface area contributed by atoms with Gasteiger partial charge >= 0.3 is 15.5 Å². The van der Waals surface area contributed by atoms with E-state index < -0.39 is 15.5 Å². The monoisotopic (exact) mass is 417 g/mol. The van der Waals surface area contributed by atoms with Crippen molar-refractivity contribution >= 4 is 26.6 Å². The molecular weight excluding hydrogens is 395 g/mol. The van der Waals surface area contributed by atoms with Crippen molar-refractivity contribution in [3.63, 3.8) is 0 Å². The lowest BCUT2D eigenvalue weighted by Gasteiger charge is -2.31. The Morgan fingerprint density at radius 1 is 1.29 bits per heavy atom. The lowest BCUT2D eigenvalue weighted by atomic mass is 9.98. The van der Waals surface area contributed by atoms with Crippen LogP contribution in [0.4, 0.5) is 18.9 Å². The molecule has 1 saturated heterocycles. The van der Waals surface area contributed by atoms with E-state index in [1.807, 2.05) is 31.2 Å². The van der Waals surface area contributed by atoms with E-state index >= 15 is 0 Å². The van der Waals surface area contributed by atoms with Crippen LogP contribution in [0, 0.1) is 12.8 Å². The van der Waals surface area contributed by atoms with Crippen LogP contribution in [-0.4, -0.2) is 50.0 Å². The minimum Gasteiger partial charge on any atom is -0.494 e. The first kappa shape index (κ1) is 20.7. The first-order valence-electron chi connectivity index (χ1n) is 8.88. The van der Waals surface area contributed by atoms with Crippen molar-refractivity contribution < 1.29 is 26.3 Å². The molecule has 1 N–H and O–H groups in total. The van der Waals surface area contributed by atoms with Gasteiger partial charge in [-0.15, -0.1) is 0 Å². The number of nitrogens with one attached hydrogen (secondary N) is 1. The number of ether oxygens (including phenoxy) is 1. The number of hydrogen-bond acceptors (Lipinski definition) is 5. The summed E-state index contributed by atoms with van der Waals surface area (Å²) in [6.07, 6.45) is 0.737. The van der Waals surface area contributed by atoms with Crippen LogP contribution in [-0.2, 0) is 10.0 Å². The van der Waals surface area contributed by atoms with Gasteiger partial charge in [0.25, 0.3) is 0 Å². The highest BCUT2D eigenvalue weighted by Gasteiger charge is 2.50. The van der Waals surface area contributed by atoms with Gasteiger partial charge < -0.3 is 10.1 Å². The van der Waals surface area contributed by atoms with Crippen molar-refractivity contribution in [2.45, 2.75) is 25.3 Å². The molecule has 0 radical (unpaired) electrons. The number of aryl methyl sites for hydroxylation is 1. The van der Waals surface area contributed by atoms with Crippen LogP contribution in [0.5, 0.6) is 5.75 Å². The number of sulfonamides is 1. The number of pyridine rings is 1. The summed E-state index contributed by atoms with van der Waals surface area (Å²) < 4.78 is 66.9. The van der Waals surface area contributed by atoms with Crippen molar-refractivity contribution in [1.82, 2.24) is 9.29 Å². The Bertz CT molecular complexity index is 956. The van der Waals surface area contributed by atoms with Gasteiger partial charge in [-0.2, -0.15) is 17.5 Å². The van der Waals surface area contributed by atoms with Gasteiger partial charge in [0, 0.05) is 36.4 Å². The van der Waals surface area contributed by atoms with Gasteiger partial charge in [-0.1, -0.05) is 12.1 Å². The molecule has 0 amide bonds. The van der Waals surface area contributed by atoms with Crippen LogP contribution in [0.3, 0.4) is 0 Å². The first-order chi connectivity index (χ1) is 13.1. The van der Waals surface area contributed by atoms with E-state index in [4.69, 9.17) is 4.74 Å². The summed E-state index contributed by atoms with van der Waals surface area (Å²) in [7, 11) is -3.66. The number of nitrogens with zero attached hydrogens (tertiary/aromatic N) is 2. The van der Waals surface area contributed by atoms with Gasteiger partial charge in [-0.3, -0.25) is 0 Å². The van der Waals surface area contributed by atoms with E-state index in [2.05, 4.69) is 10.3 Å². The molecule has 28 heavy (non-hydrogen) atoms. The van der Waals surface area contributed by atoms with Crippen LogP contribution in [0.25, 0.3) is 10.9 Å². The molecule has 6 nitrogen and oxygen atoms in total. The van der Waals surface area contributed by atoms with Gasteiger partial charge in [0.1, 0.15) is 11.3 Å². The van der Waals surface area contributed by atoms with E-state index in [-0.39, 0.29) is 19.0 Å². The summed E-state index contributed by atoms with van der Waals surface area (Å²) in [5, 5.41) is 4.24. The molecule has 0 unspecified atom stereocenters.